The van der Waals surface area contributed by atoms with Gasteiger partial charge < -0.3 is 9.73 Å². The van der Waals surface area contributed by atoms with Crippen LogP contribution >= 0.6 is 11.3 Å². The number of rotatable bonds is 6. The molecule has 3 heterocycles. The van der Waals surface area contributed by atoms with E-state index >= 15 is 0 Å². The van der Waals surface area contributed by atoms with Gasteiger partial charge in [-0.25, -0.2) is 9.67 Å². The lowest BCUT2D eigenvalue weighted by atomic mass is 10.1. The summed E-state index contributed by atoms with van der Waals surface area (Å²) in [7, 11) is 0. The lowest BCUT2D eigenvalue weighted by molar-refractivity contribution is 0.0948. The Morgan fingerprint density at radius 3 is 2.74 bits per heavy atom. The molecule has 0 unspecified atom stereocenters. The number of thiazole rings is 1. The van der Waals surface area contributed by atoms with Gasteiger partial charge in [-0.15, -0.1) is 16.4 Å². The lowest BCUT2D eigenvalue weighted by Gasteiger charge is -2.06. The largest absolute Gasteiger partial charge is 0.458 e. The van der Waals surface area contributed by atoms with E-state index in [9.17, 15) is 4.79 Å². The number of para-hydroxylation sites is 1. The molecule has 0 aliphatic rings. The van der Waals surface area contributed by atoms with Gasteiger partial charge in [0.05, 0.1) is 23.6 Å². The molecule has 1 N–H and O–H groups in total. The average molecular weight is 430 g/mol. The second-order valence-corrected chi connectivity index (χ2v) is 8.20. The number of nitrogens with one attached hydrogen (secondary N) is 1. The molecule has 0 fully saturated rings. The fourth-order valence-electron chi connectivity index (χ4n) is 3.33. The van der Waals surface area contributed by atoms with Crippen LogP contribution in [0.3, 0.4) is 0 Å². The van der Waals surface area contributed by atoms with E-state index < -0.39 is 0 Å². The molecule has 0 aliphatic heterocycles. The van der Waals surface area contributed by atoms with Crippen molar-refractivity contribution in [3.05, 3.63) is 87.9 Å². The number of nitrogens with zero attached hydrogens (tertiary/aromatic N) is 4. The van der Waals surface area contributed by atoms with Crippen LogP contribution in [0.25, 0.3) is 22.5 Å². The first-order chi connectivity index (χ1) is 15.2. The Morgan fingerprint density at radius 1 is 1.10 bits per heavy atom. The predicted molar refractivity (Wildman–Crippen MR) is 119 cm³/mol. The summed E-state index contributed by atoms with van der Waals surface area (Å²) in [4.78, 5) is 16.9. The Balaban J connectivity index is 1.21. The van der Waals surface area contributed by atoms with Gasteiger partial charge in [0, 0.05) is 10.9 Å². The molecular formula is C23H19N5O2S. The molecule has 0 bridgehead atoms. The third kappa shape index (κ3) is 4.10. The monoisotopic (exact) mass is 429 g/mol. The van der Waals surface area contributed by atoms with E-state index in [0.717, 1.165) is 27.3 Å². The number of furan rings is 1. The molecule has 0 aliphatic carbocycles. The first-order valence-electron chi connectivity index (χ1n) is 9.82. The fraction of sp³-hybridized carbons (Fsp3) is 0.130. The van der Waals surface area contributed by atoms with Crippen molar-refractivity contribution in [2.24, 2.45) is 0 Å². The van der Waals surface area contributed by atoms with E-state index in [1.54, 1.807) is 11.3 Å². The highest BCUT2D eigenvalue weighted by molar-refractivity contribution is 7.09. The van der Waals surface area contributed by atoms with E-state index in [-0.39, 0.29) is 5.91 Å². The van der Waals surface area contributed by atoms with Crippen molar-refractivity contribution in [3.63, 3.8) is 0 Å². The highest BCUT2D eigenvalue weighted by Gasteiger charge is 2.11. The van der Waals surface area contributed by atoms with E-state index in [2.05, 4.69) is 20.6 Å². The Morgan fingerprint density at radius 2 is 1.94 bits per heavy atom. The zero-order valence-corrected chi connectivity index (χ0v) is 17.6. The van der Waals surface area contributed by atoms with E-state index in [1.807, 2.05) is 77.6 Å². The van der Waals surface area contributed by atoms with Gasteiger partial charge in [0.25, 0.3) is 5.91 Å². The Bertz CT molecular complexity index is 1350. The van der Waals surface area contributed by atoms with Gasteiger partial charge in [-0.1, -0.05) is 29.5 Å². The van der Waals surface area contributed by atoms with Gasteiger partial charge in [-0.2, -0.15) is 0 Å². The normalized spacial score (nSPS) is 11.1. The van der Waals surface area contributed by atoms with Crippen LogP contribution in [0.2, 0.25) is 0 Å². The molecule has 5 aromatic rings. The second kappa shape index (κ2) is 8.16. The molecule has 154 valence electrons. The van der Waals surface area contributed by atoms with Crippen LogP contribution in [0.5, 0.6) is 0 Å². The Labute approximate surface area is 182 Å². The summed E-state index contributed by atoms with van der Waals surface area (Å²) in [6.45, 7) is 2.86. The first kappa shape index (κ1) is 19.2. The average Bonchev–Trinajstić information content (AvgIpc) is 3.53. The maximum Gasteiger partial charge on any atom is 0.251 e. The van der Waals surface area contributed by atoms with Crippen LogP contribution in [0, 0.1) is 6.92 Å². The van der Waals surface area contributed by atoms with Crippen molar-refractivity contribution in [1.29, 1.82) is 0 Å². The third-order valence-corrected chi connectivity index (χ3v) is 5.70. The zero-order chi connectivity index (χ0) is 21.2. The molecule has 2 aromatic carbocycles. The number of benzene rings is 2. The number of aromatic nitrogens is 4. The summed E-state index contributed by atoms with van der Waals surface area (Å²) >= 11 is 1.58. The van der Waals surface area contributed by atoms with Crippen molar-refractivity contribution < 1.29 is 9.21 Å². The molecule has 8 heteroatoms. The Kier molecular flexibility index (Phi) is 5.05. The van der Waals surface area contributed by atoms with Crippen molar-refractivity contribution in [1.82, 2.24) is 25.3 Å². The predicted octanol–water partition coefficient (Wildman–Crippen LogP) is 4.43. The van der Waals surface area contributed by atoms with Crippen LogP contribution in [-0.4, -0.2) is 25.9 Å². The van der Waals surface area contributed by atoms with Gasteiger partial charge in [-0.05, 0) is 48.9 Å². The fourth-order valence-corrected chi connectivity index (χ4v) is 3.93. The molecule has 3 aromatic heterocycles. The summed E-state index contributed by atoms with van der Waals surface area (Å²) < 4.78 is 7.65. The molecule has 0 saturated carbocycles. The molecule has 0 radical (unpaired) electrons. The maximum atomic E-state index is 12.5. The number of carbonyl (C=O) groups excluding carboxylic acids is 1. The number of hydrogen-bond donors (Lipinski definition) is 1. The summed E-state index contributed by atoms with van der Waals surface area (Å²) in [6.07, 6.45) is 0. The number of amides is 1. The minimum absolute atomic E-state index is 0.153. The van der Waals surface area contributed by atoms with Crippen LogP contribution in [0.4, 0.5) is 0 Å². The number of carbonyl (C=O) groups is 1. The molecule has 1 amide bonds. The summed E-state index contributed by atoms with van der Waals surface area (Å²) in [5.74, 6) is 1.24. The highest BCUT2D eigenvalue weighted by atomic mass is 32.1. The van der Waals surface area contributed by atoms with Crippen LogP contribution < -0.4 is 5.32 Å². The van der Waals surface area contributed by atoms with Gasteiger partial charge in [-0.3, -0.25) is 4.79 Å². The quantitative estimate of drug-likeness (QED) is 0.431. The Hall–Kier alpha value is -3.78. The smallest absolute Gasteiger partial charge is 0.251 e. The topological polar surface area (TPSA) is 85.8 Å². The van der Waals surface area contributed by atoms with Gasteiger partial charge in [0.1, 0.15) is 17.0 Å². The SMILES string of the molecule is Cc1nc(-c2ccc(CNC(=O)c3ccc(Cn4nnc5ccccc54)cc3)o2)cs1. The van der Waals surface area contributed by atoms with E-state index in [0.29, 0.717) is 30.2 Å². The summed E-state index contributed by atoms with van der Waals surface area (Å²) in [5, 5.41) is 14.2. The number of aryl methyl sites for hydroxylation is 1. The molecule has 5 rings (SSSR count). The van der Waals surface area contributed by atoms with Crippen molar-refractivity contribution >= 4 is 28.3 Å². The third-order valence-electron chi connectivity index (χ3n) is 4.92. The molecule has 0 atom stereocenters. The second-order valence-electron chi connectivity index (χ2n) is 7.13. The van der Waals surface area contributed by atoms with E-state index in [1.165, 1.54) is 0 Å². The van der Waals surface area contributed by atoms with Crippen molar-refractivity contribution in [3.8, 4) is 11.5 Å². The molecule has 31 heavy (non-hydrogen) atoms. The van der Waals surface area contributed by atoms with Crippen molar-refractivity contribution in [2.75, 3.05) is 0 Å². The van der Waals surface area contributed by atoms with Crippen molar-refractivity contribution in [2.45, 2.75) is 20.0 Å². The van der Waals surface area contributed by atoms with E-state index in [4.69, 9.17) is 4.42 Å². The molecule has 7 nitrogen and oxygen atoms in total. The minimum Gasteiger partial charge on any atom is -0.458 e. The zero-order valence-electron chi connectivity index (χ0n) is 16.8. The van der Waals surface area contributed by atoms with Gasteiger partial charge in [0.2, 0.25) is 0 Å². The van der Waals surface area contributed by atoms with Crippen LogP contribution in [0.1, 0.15) is 26.7 Å². The summed E-state index contributed by atoms with van der Waals surface area (Å²) in [6, 6.07) is 19.1. The molecule has 0 saturated heterocycles. The minimum atomic E-state index is -0.153. The number of fused-ring (bicyclic) bond motifs is 1. The first-order valence-corrected chi connectivity index (χ1v) is 10.7. The molecular weight excluding hydrogens is 410 g/mol. The van der Waals surface area contributed by atoms with Crippen LogP contribution in [-0.2, 0) is 13.1 Å². The summed E-state index contributed by atoms with van der Waals surface area (Å²) in [5.41, 5.74) is 4.30. The van der Waals surface area contributed by atoms with Crippen LogP contribution in [0.15, 0.2) is 70.5 Å². The lowest BCUT2D eigenvalue weighted by Crippen LogP contribution is -2.22. The highest BCUT2D eigenvalue weighted by Crippen LogP contribution is 2.23. The number of hydrogen-bond acceptors (Lipinski definition) is 6. The van der Waals surface area contributed by atoms with Gasteiger partial charge in [0.15, 0.2) is 5.76 Å². The molecule has 0 spiro atoms. The van der Waals surface area contributed by atoms with Gasteiger partial charge >= 0.3 is 0 Å². The maximum absolute atomic E-state index is 12.5. The standard InChI is InChI=1S/C23H19N5O2S/c1-15-25-20(14-31-15)22-11-10-18(30-22)12-24-23(29)17-8-6-16(7-9-17)13-28-21-5-3-2-4-19(21)26-27-28/h2-11,14H,12-13H2,1H3,(H,24,29).